The lowest BCUT2D eigenvalue weighted by Gasteiger charge is -2.22. The highest BCUT2D eigenvalue weighted by Crippen LogP contribution is 2.42. The van der Waals surface area contributed by atoms with Crippen molar-refractivity contribution in [1.29, 1.82) is 0 Å². The minimum atomic E-state index is -0.906. The predicted octanol–water partition coefficient (Wildman–Crippen LogP) is 1.67. The third-order valence-electron chi connectivity index (χ3n) is 3.77. The van der Waals surface area contributed by atoms with E-state index in [-0.39, 0.29) is 0 Å². The Morgan fingerprint density at radius 1 is 1.50 bits per heavy atom. The Bertz CT molecular complexity index is 590. The highest BCUT2D eigenvalue weighted by atomic mass is 16.3. The van der Waals surface area contributed by atoms with Gasteiger partial charge in [0.05, 0.1) is 6.20 Å². The van der Waals surface area contributed by atoms with E-state index in [0.717, 1.165) is 35.3 Å². The zero-order chi connectivity index (χ0) is 12.8. The number of hydrogen-bond donors (Lipinski definition) is 2. The number of anilines is 1. The van der Waals surface area contributed by atoms with Gasteiger partial charge in [-0.3, -0.25) is 4.68 Å². The van der Waals surface area contributed by atoms with Crippen LogP contribution < -0.4 is 5.73 Å². The van der Waals surface area contributed by atoms with Gasteiger partial charge in [0.1, 0.15) is 5.60 Å². The first-order valence-corrected chi connectivity index (χ1v) is 6.27. The average Bonchev–Trinajstić information content (AvgIpc) is 2.95. The molecule has 1 heterocycles. The van der Waals surface area contributed by atoms with Gasteiger partial charge in [-0.25, -0.2) is 0 Å². The van der Waals surface area contributed by atoms with E-state index in [9.17, 15) is 5.11 Å². The van der Waals surface area contributed by atoms with Gasteiger partial charge in [-0.1, -0.05) is 6.07 Å². The van der Waals surface area contributed by atoms with Gasteiger partial charge in [-0.15, -0.1) is 0 Å². The average molecular weight is 243 g/mol. The van der Waals surface area contributed by atoms with Gasteiger partial charge < -0.3 is 10.8 Å². The van der Waals surface area contributed by atoms with Crippen molar-refractivity contribution < 1.29 is 5.11 Å². The molecule has 94 valence electrons. The number of nitrogens with two attached hydrogens (primary N) is 1. The second-order valence-electron chi connectivity index (χ2n) is 4.86. The maximum Gasteiger partial charge on any atom is 0.118 e. The first-order chi connectivity index (χ1) is 8.63. The summed E-state index contributed by atoms with van der Waals surface area (Å²) in [6, 6.07) is 5.73. The standard InChI is InChI=1S/C14H17N3O/c1-2-17-9-11(8-16-17)14(18)6-5-10-7-12(15)3-4-13(10)14/h3-4,7-9,18H,2,5-6,15H2,1H3. The summed E-state index contributed by atoms with van der Waals surface area (Å²) in [4.78, 5) is 0. The molecular weight excluding hydrogens is 226 g/mol. The minimum Gasteiger partial charge on any atom is -0.399 e. The van der Waals surface area contributed by atoms with E-state index in [2.05, 4.69) is 5.10 Å². The molecule has 0 aliphatic heterocycles. The highest BCUT2D eigenvalue weighted by Gasteiger charge is 2.39. The third-order valence-corrected chi connectivity index (χ3v) is 3.77. The number of nitrogen functional groups attached to an aromatic ring is 1. The van der Waals surface area contributed by atoms with Gasteiger partial charge in [0.2, 0.25) is 0 Å². The van der Waals surface area contributed by atoms with Crippen molar-refractivity contribution in [2.75, 3.05) is 5.73 Å². The molecule has 1 aromatic carbocycles. The maximum absolute atomic E-state index is 10.9. The summed E-state index contributed by atoms with van der Waals surface area (Å²) in [6.07, 6.45) is 5.23. The number of aromatic nitrogens is 2. The lowest BCUT2D eigenvalue weighted by atomic mass is 9.90. The van der Waals surface area contributed by atoms with Gasteiger partial charge in [0.15, 0.2) is 0 Å². The first kappa shape index (κ1) is 11.3. The normalized spacial score (nSPS) is 22.1. The molecule has 1 aliphatic rings. The summed E-state index contributed by atoms with van der Waals surface area (Å²) in [6.45, 7) is 2.84. The second kappa shape index (κ2) is 3.85. The van der Waals surface area contributed by atoms with Crippen molar-refractivity contribution in [1.82, 2.24) is 9.78 Å². The Hall–Kier alpha value is -1.81. The van der Waals surface area contributed by atoms with Crippen LogP contribution >= 0.6 is 0 Å². The molecule has 1 aliphatic carbocycles. The molecule has 4 heteroatoms. The summed E-state index contributed by atoms with van der Waals surface area (Å²) in [7, 11) is 0. The van der Waals surface area contributed by atoms with E-state index in [0.29, 0.717) is 6.42 Å². The van der Waals surface area contributed by atoms with Crippen LogP contribution in [0, 0.1) is 0 Å². The Balaban J connectivity index is 2.08. The number of aryl methyl sites for hydroxylation is 2. The second-order valence-corrected chi connectivity index (χ2v) is 4.86. The molecule has 4 nitrogen and oxygen atoms in total. The van der Waals surface area contributed by atoms with E-state index in [1.54, 1.807) is 6.20 Å². The van der Waals surface area contributed by atoms with E-state index in [4.69, 9.17) is 5.73 Å². The number of aliphatic hydroxyl groups is 1. The Morgan fingerprint density at radius 3 is 3.06 bits per heavy atom. The number of benzene rings is 1. The van der Waals surface area contributed by atoms with Gasteiger partial charge in [0, 0.05) is 24.0 Å². The molecule has 1 atom stereocenters. The van der Waals surface area contributed by atoms with Crippen LogP contribution in [0.1, 0.15) is 30.0 Å². The van der Waals surface area contributed by atoms with Crippen LogP contribution in [-0.4, -0.2) is 14.9 Å². The third kappa shape index (κ3) is 1.53. The summed E-state index contributed by atoms with van der Waals surface area (Å²) in [5, 5.41) is 15.2. The lowest BCUT2D eigenvalue weighted by Crippen LogP contribution is -2.23. The van der Waals surface area contributed by atoms with Crippen molar-refractivity contribution >= 4 is 5.69 Å². The molecule has 2 aromatic rings. The molecule has 1 aromatic heterocycles. The van der Waals surface area contributed by atoms with Crippen LogP contribution in [0.2, 0.25) is 0 Å². The van der Waals surface area contributed by atoms with E-state index < -0.39 is 5.60 Å². The van der Waals surface area contributed by atoms with Crippen LogP contribution in [0.4, 0.5) is 5.69 Å². The van der Waals surface area contributed by atoms with E-state index in [1.807, 2.05) is 36.0 Å². The van der Waals surface area contributed by atoms with Crippen molar-refractivity contribution in [3.8, 4) is 0 Å². The van der Waals surface area contributed by atoms with Gasteiger partial charge in [-0.05, 0) is 43.0 Å². The van der Waals surface area contributed by atoms with Crippen molar-refractivity contribution in [2.24, 2.45) is 0 Å². The molecule has 0 fully saturated rings. The smallest absolute Gasteiger partial charge is 0.118 e. The largest absolute Gasteiger partial charge is 0.399 e. The summed E-state index contributed by atoms with van der Waals surface area (Å²) < 4.78 is 1.84. The predicted molar refractivity (Wildman–Crippen MR) is 70.1 cm³/mol. The quantitative estimate of drug-likeness (QED) is 0.789. The zero-order valence-electron chi connectivity index (χ0n) is 10.4. The highest BCUT2D eigenvalue weighted by molar-refractivity contribution is 5.51. The Kier molecular flexibility index (Phi) is 2.41. The lowest BCUT2D eigenvalue weighted by molar-refractivity contribution is 0.0828. The van der Waals surface area contributed by atoms with Crippen LogP contribution in [0.5, 0.6) is 0 Å². The zero-order valence-corrected chi connectivity index (χ0v) is 10.4. The molecule has 0 bridgehead atoms. The van der Waals surface area contributed by atoms with E-state index >= 15 is 0 Å². The Morgan fingerprint density at radius 2 is 2.33 bits per heavy atom. The van der Waals surface area contributed by atoms with Crippen LogP contribution in [0.15, 0.2) is 30.6 Å². The number of nitrogens with zero attached hydrogens (tertiary/aromatic N) is 2. The monoisotopic (exact) mass is 243 g/mol. The van der Waals surface area contributed by atoms with Crippen LogP contribution in [-0.2, 0) is 18.6 Å². The molecule has 3 rings (SSSR count). The fourth-order valence-electron chi connectivity index (χ4n) is 2.72. The van der Waals surface area contributed by atoms with E-state index in [1.165, 1.54) is 0 Å². The van der Waals surface area contributed by atoms with Crippen molar-refractivity contribution in [3.05, 3.63) is 47.3 Å². The van der Waals surface area contributed by atoms with Crippen molar-refractivity contribution in [2.45, 2.75) is 31.9 Å². The molecular formula is C14H17N3O. The number of fused-ring (bicyclic) bond motifs is 1. The molecule has 0 spiro atoms. The summed E-state index contributed by atoms with van der Waals surface area (Å²) in [5.41, 5.74) is 8.61. The van der Waals surface area contributed by atoms with Gasteiger partial charge in [0.25, 0.3) is 0 Å². The Labute approximate surface area is 106 Å². The maximum atomic E-state index is 10.9. The fourth-order valence-corrected chi connectivity index (χ4v) is 2.72. The minimum absolute atomic E-state index is 0.696. The van der Waals surface area contributed by atoms with Crippen molar-refractivity contribution in [3.63, 3.8) is 0 Å². The topological polar surface area (TPSA) is 64.1 Å². The molecule has 1 unspecified atom stereocenters. The molecule has 3 N–H and O–H groups in total. The van der Waals surface area contributed by atoms with Crippen LogP contribution in [0.3, 0.4) is 0 Å². The van der Waals surface area contributed by atoms with Crippen LogP contribution in [0.25, 0.3) is 0 Å². The number of rotatable bonds is 2. The summed E-state index contributed by atoms with van der Waals surface area (Å²) in [5.74, 6) is 0. The van der Waals surface area contributed by atoms with Gasteiger partial charge >= 0.3 is 0 Å². The molecule has 0 radical (unpaired) electrons. The molecule has 0 amide bonds. The molecule has 18 heavy (non-hydrogen) atoms. The molecule has 0 saturated carbocycles. The fraction of sp³-hybridized carbons (Fsp3) is 0.357. The SMILES string of the molecule is CCn1cc(C2(O)CCc3cc(N)ccc32)cn1. The molecule has 0 saturated heterocycles. The number of hydrogen-bond acceptors (Lipinski definition) is 3. The first-order valence-electron chi connectivity index (χ1n) is 6.27. The summed E-state index contributed by atoms with van der Waals surface area (Å²) >= 11 is 0. The van der Waals surface area contributed by atoms with Gasteiger partial charge in [-0.2, -0.15) is 5.10 Å².